The maximum Gasteiger partial charge on any atom is 0.151 e. The molecular weight excluding hydrogens is 188 g/mol. The minimum atomic E-state index is -0.673. The molecule has 1 heterocycles. The van der Waals surface area contributed by atoms with Gasteiger partial charge >= 0.3 is 0 Å². The van der Waals surface area contributed by atoms with Crippen molar-refractivity contribution in [3.8, 4) is 5.69 Å². The van der Waals surface area contributed by atoms with Crippen molar-refractivity contribution in [3.05, 3.63) is 42.2 Å². The molecule has 0 atom stereocenters. The number of hydrogen-bond acceptors (Lipinski definition) is 2. The standard InChI is InChI=1S/C9H7F2N3/c10-7-2-1-3-8(11)9(7)14-5-6(12)4-13-14/h1-5H,12H2. The lowest BCUT2D eigenvalue weighted by atomic mass is 10.3. The number of halogens is 2. The Labute approximate surface area is 78.8 Å². The van der Waals surface area contributed by atoms with E-state index in [1.807, 2.05) is 0 Å². The van der Waals surface area contributed by atoms with E-state index in [4.69, 9.17) is 5.73 Å². The van der Waals surface area contributed by atoms with Crippen molar-refractivity contribution in [3.63, 3.8) is 0 Å². The largest absolute Gasteiger partial charge is 0.396 e. The maximum absolute atomic E-state index is 13.2. The van der Waals surface area contributed by atoms with E-state index in [9.17, 15) is 8.78 Å². The summed E-state index contributed by atoms with van der Waals surface area (Å²) in [5.74, 6) is -1.35. The van der Waals surface area contributed by atoms with E-state index in [-0.39, 0.29) is 5.69 Å². The average Bonchev–Trinajstić information content (AvgIpc) is 2.51. The first-order valence-corrected chi connectivity index (χ1v) is 3.93. The van der Waals surface area contributed by atoms with Crippen LogP contribution in [0.1, 0.15) is 0 Å². The smallest absolute Gasteiger partial charge is 0.151 e. The normalized spacial score (nSPS) is 10.4. The van der Waals surface area contributed by atoms with Crippen LogP contribution >= 0.6 is 0 Å². The fraction of sp³-hybridized carbons (Fsp3) is 0. The number of nitrogens with two attached hydrogens (primary N) is 1. The molecule has 0 aliphatic carbocycles. The van der Waals surface area contributed by atoms with Crippen LogP contribution < -0.4 is 5.73 Å². The van der Waals surface area contributed by atoms with Gasteiger partial charge in [0.1, 0.15) is 5.69 Å². The Balaban J connectivity index is 2.61. The predicted octanol–water partition coefficient (Wildman–Crippen LogP) is 1.73. The van der Waals surface area contributed by atoms with Crippen molar-refractivity contribution in [1.29, 1.82) is 0 Å². The summed E-state index contributed by atoms with van der Waals surface area (Å²) < 4.78 is 27.5. The van der Waals surface area contributed by atoms with Gasteiger partial charge in [-0.25, -0.2) is 13.5 Å². The molecule has 0 amide bonds. The van der Waals surface area contributed by atoms with E-state index in [1.54, 1.807) is 0 Å². The van der Waals surface area contributed by atoms with Crippen LogP contribution in [0.4, 0.5) is 14.5 Å². The molecule has 5 heteroatoms. The molecule has 0 saturated carbocycles. The van der Waals surface area contributed by atoms with Gasteiger partial charge in [-0.05, 0) is 12.1 Å². The zero-order valence-electron chi connectivity index (χ0n) is 7.11. The van der Waals surface area contributed by atoms with Gasteiger partial charge < -0.3 is 5.73 Å². The van der Waals surface area contributed by atoms with Crippen LogP contribution in [0.3, 0.4) is 0 Å². The Kier molecular flexibility index (Phi) is 1.92. The zero-order chi connectivity index (χ0) is 10.1. The molecule has 0 saturated heterocycles. The first kappa shape index (κ1) is 8.68. The van der Waals surface area contributed by atoms with Crippen LogP contribution in [0.2, 0.25) is 0 Å². The summed E-state index contributed by atoms with van der Waals surface area (Å²) >= 11 is 0. The minimum Gasteiger partial charge on any atom is -0.396 e. The summed E-state index contributed by atoms with van der Waals surface area (Å²) in [7, 11) is 0. The zero-order valence-corrected chi connectivity index (χ0v) is 7.11. The second-order valence-corrected chi connectivity index (χ2v) is 2.79. The molecule has 0 bridgehead atoms. The van der Waals surface area contributed by atoms with Gasteiger partial charge in [-0.1, -0.05) is 6.07 Å². The summed E-state index contributed by atoms with van der Waals surface area (Å²) in [4.78, 5) is 0. The Morgan fingerprint density at radius 1 is 1.21 bits per heavy atom. The molecule has 1 aromatic heterocycles. The molecule has 0 spiro atoms. The highest BCUT2D eigenvalue weighted by Crippen LogP contribution is 2.17. The number of hydrogen-bond donors (Lipinski definition) is 1. The van der Waals surface area contributed by atoms with E-state index < -0.39 is 11.6 Å². The number of nitrogen functional groups attached to an aromatic ring is 1. The molecule has 0 aliphatic rings. The predicted molar refractivity (Wildman–Crippen MR) is 47.9 cm³/mol. The number of benzene rings is 1. The highest BCUT2D eigenvalue weighted by molar-refractivity contribution is 5.39. The number of para-hydroxylation sites is 1. The lowest BCUT2D eigenvalue weighted by Crippen LogP contribution is -2.01. The van der Waals surface area contributed by atoms with E-state index in [0.29, 0.717) is 5.69 Å². The Morgan fingerprint density at radius 3 is 2.36 bits per heavy atom. The van der Waals surface area contributed by atoms with E-state index in [2.05, 4.69) is 5.10 Å². The lowest BCUT2D eigenvalue weighted by molar-refractivity contribution is 0.560. The highest BCUT2D eigenvalue weighted by atomic mass is 19.1. The fourth-order valence-electron chi connectivity index (χ4n) is 1.17. The van der Waals surface area contributed by atoms with Gasteiger partial charge in [0.05, 0.1) is 18.1 Å². The third-order valence-corrected chi connectivity index (χ3v) is 1.77. The molecule has 14 heavy (non-hydrogen) atoms. The van der Waals surface area contributed by atoms with Crippen LogP contribution in [-0.2, 0) is 0 Å². The van der Waals surface area contributed by atoms with Gasteiger partial charge in [0, 0.05) is 0 Å². The molecule has 0 fully saturated rings. The van der Waals surface area contributed by atoms with Crippen LogP contribution in [0.15, 0.2) is 30.6 Å². The van der Waals surface area contributed by atoms with Crippen LogP contribution in [-0.4, -0.2) is 9.78 Å². The van der Waals surface area contributed by atoms with Crippen LogP contribution in [0.5, 0.6) is 0 Å². The molecule has 0 radical (unpaired) electrons. The number of rotatable bonds is 1. The molecule has 0 unspecified atom stereocenters. The molecule has 2 aromatic rings. The van der Waals surface area contributed by atoms with Gasteiger partial charge in [0.15, 0.2) is 11.6 Å². The maximum atomic E-state index is 13.2. The van der Waals surface area contributed by atoms with Crippen molar-refractivity contribution >= 4 is 5.69 Å². The number of aromatic nitrogens is 2. The Hall–Kier alpha value is -1.91. The van der Waals surface area contributed by atoms with Crippen LogP contribution in [0.25, 0.3) is 5.69 Å². The molecule has 1 aromatic carbocycles. The minimum absolute atomic E-state index is 0.218. The second kappa shape index (κ2) is 3.10. The summed E-state index contributed by atoms with van der Waals surface area (Å²) in [5, 5.41) is 3.72. The van der Waals surface area contributed by atoms with Gasteiger partial charge in [0.2, 0.25) is 0 Å². The van der Waals surface area contributed by atoms with Crippen LogP contribution in [0, 0.1) is 11.6 Å². The van der Waals surface area contributed by atoms with Gasteiger partial charge in [-0.2, -0.15) is 5.10 Å². The Bertz CT molecular complexity index is 445. The number of nitrogens with zero attached hydrogens (tertiary/aromatic N) is 2. The van der Waals surface area contributed by atoms with Gasteiger partial charge in [-0.3, -0.25) is 0 Å². The van der Waals surface area contributed by atoms with Crippen molar-refractivity contribution in [2.24, 2.45) is 0 Å². The molecule has 0 aliphatic heterocycles. The quantitative estimate of drug-likeness (QED) is 0.753. The third kappa shape index (κ3) is 1.32. The molecule has 72 valence electrons. The third-order valence-electron chi connectivity index (χ3n) is 1.77. The second-order valence-electron chi connectivity index (χ2n) is 2.79. The lowest BCUT2D eigenvalue weighted by Gasteiger charge is -2.03. The molecular formula is C9H7F2N3. The van der Waals surface area contributed by atoms with Crippen molar-refractivity contribution < 1.29 is 8.78 Å². The van der Waals surface area contributed by atoms with Crippen molar-refractivity contribution in [2.45, 2.75) is 0 Å². The monoisotopic (exact) mass is 195 g/mol. The summed E-state index contributed by atoms with van der Waals surface area (Å²) in [6, 6.07) is 3.62. The average molecular weight is 195 g/mol. The summed E-state index contributed by atoms with van der Waals surface area (Å²) in [6.07, 6.45) is 2.67. The van der Waals surface area contributed by atoms with Crippen molar-refractivity contribution in [1.82, 2.24) is 9.78 Å². The van der Waals surface area contributed by atoms with E-state index in [0.717, 1.165) is 16.8 Å². The number of anilines is 1. The molecule has 2 rings (SSSR count). The highest BCUT2D eigenvalue weighted by Gasteiger charge is 2.10. The Morgan fingerprint density at radius 2 is 1.86 bits per heavy atom. The molecule has 3 nitrogen and oxygen atoms in total. The fourth-order valence-corrected chi connectivity index (χ4v) is 1.17. The van der Waals surface area contributed by atoms with E-state index in [1.165, 1.54) is 18.5 Å². The summed E-state index contributed by atoms with van der Waals surface area (Å²) in [5.41, 5.74) is 5.52. The summed E-state index contributed by atoms with van der Waals surface area (Å²) in [6.45, 7) is 0. The van der Waals surface area contributed by atoms with E-state index >= 15 is 0 Å². The van der Waals surface area contributed by atoms with Crippen molar-refractivity contribution in [2.75, 3.05) is 5.73 Å². The van der Waals surface area contributed by atoms with Gasteiger partial charge in [0.25, 0.3) is 0 Å². The molecule has 2 N–H and O–H groups in total. The first-order valence-electron chi connectivity index (χ1n) is 3.93. The van der Waals surface area contributed by atoms with Gasteiger partial charge in [-0.15, -0.1) is 0 Å². The topological polar surface area (TPSA) is 43.8 Å². The SMILES string of the molecule is Nc1cnn(-c2c(F)cccc2F)c1. The first-order chi connectivity index (χ1) is 6.68.